The first-order valence-electron chi connectivity index (χ1n) is 7.16. The summed E-state index contributed by atoms with van der Waals surface area (Å²) >= 11 is 5.92. The highest BCUT2D eigenvalue weighted by Gasteiger charge is 2.09. The average Bonchev–Trinajstić information content (AvgIpc) is 2.42. The van der Waals surface area contributed by atoms with E-state index in [1.807, 2.05) is 20.8 Å². The molecule has 0 fully saturated rings. The molecule has 1 aromatic rings. The van der Waals surface area contributed by atoms with Gasteiger partial charge in [-0.3, -0.25) is 9.59 Å². The van der Waals surface area contributed by atoms with Crippen molar-refractivity contribution in [3.05, 3.63) is 28.5 Å². The minimum Gasteiger partial charge on any atom is -0.354 e. The molecule has 0 aliphatic rings. The second-order valence-electron chi connectivity index (χ2n) is 5.12. The summed E-state index contributed by atoms with van der Waals surface area (Å²) in [4.78, 5) is 27.6. The second kappa shape index (κ2) is 8.62. The number of halogens is 1. The number of aromatic nitrogens is 1. The maximum atomic E-state index is 12.0. The number of carbonyl (C=O) groups excluding carboxylic acids is 2. The Morgan fingerprint density at radius 1 is 1.24 bits per heavy atom. The van der Waals surface area contributed by atoms with Gasteiger partial charge in [-0.15, -0.1) is 0 Å². The molecule has 0 saturated heterocycles. The van der Waals surface area contributed by atoms with Crippen LogP contribution in [-0.4, -0.2) is 29.9 Å². The molecule has 2 amide bonds. The fourth-order valence-electron chi connectivity index (χ4n) is 1.73. The van der Waals surface area contributed by atoms with Crippen molar-refractivity contribution in [2.24, 2.45) is 5.92 Å². The molecule has 21 heavy (non-hydrogen) atoms. The van der Waals surface area contributed by atoms with Crippen LogP contribution >= 0.6 is 11.6 Å². The quantitative estimate of drug-likeness (QED) is 0.599. The van der Waals surface area contributed by atoms with Crippen LogP contribution < -0.4 is 10.6 Å². The molecule has 5 nitrogen and oxygen atoms in total. The third kappa shape index (κ3) is 6.12. The summed E-state index contributed by atoms with van der Waals surface area (Å²) in [7, 11) is 0. The number of nitrogens with one attached hydrogen (secondary N) is 2. The number of pyridine rings is 1. The molecule has 2 N–H and O–H groups in total. The molecule has 0 atom stereocenters. The maximum absolute atomic E-state index is 12.0. The highest BCUT2D eigenvalue weighted by atomic mass is 35.5. The van der Waals surface area contributed by atoms with E-state index in [0.717, 1.165) is 18.5 Å². The van der Waals surface area contributed by atoms with Gasteiger partial charge in [-0.05, 0) is 18.6 Å². The Morgan fingerprint density at radius 3 is 2.52 bits per heavy atom. The molecule has 1 aromatic heterocycles. The van der Waals surface area contributed by atoms with E-state index >= 15 is 0 Å². The summed E-state index contributed by atoms with van der Waals surface area (Å²) in [5.41, 5.74) is 1.30. The van der Waals surface area contributed by atoms with Crippen molar-refractivity contribution in [1.29, 1.82) is 0 Å². The first kappa shape index (κ1) is 17.4. The predicted octanol–water partition coefficient (Wildman–Crippen LogP) is 2.19. The molecule has 1 heterocycles. The van der Waals surface area contributed by atoms with Gasteiger partial charge >= 0.3 is 0 Å². The summed E-state index contributed by atoms with van der Waals surface area (Å²) in [6.45, 7) is 6.47. The van der Waals surface area contributed by atoms with E-state index in [0.29, 0.717) is 23.8 Å². The van der Waals surface area contributed by atoms with E-state index in [2.05, 4.69) is 15.6 Å². The molecule has 1 rings (SSSR count). The van der Waals surface area contributed by atoms with E-state index in [-0.39, 0.29) is 17.7 Å². The molecule has 0 radical (unpaired) electrons. The zero-order chi connectivity index (χ0) is 15.8. The van der Waals surface area contributed by atoms with Crippen molar-refractivity contribution in [3.8, 4) is 0 Å². The van der Waals surface area contributed by atoms with Crippen molar-refractivity contribution in [3.63, 3.8) is 0 Å². The molecule has 0 bridgehead atoms. The molecular weight excluding hydrogens is 290 g/mol. The van der Waals surface area contributed by atoms with E-state index in [4.69, 9.17) is 11.6 Å². The molecule has 6 heteroatoms. The first-order chi connectivity index (χ1) is 9.93. The van der Waals surface area contributed by atoms with Crippen LogP contribution in [0.1, 0.15) is 43.2 Å². The number of carbonyl (C=O) groups is 2. The van der Waals surface area contributed by atoms with Crippen molar-refractivity contribution >= 4 is 23.4 Å². The fraction of sp³-hybridized carbons (Fsp3) is 0.533. The lowest BCUT2D eigenvalue weighted by Crippen LogP contribution is -2.36. The summed E-state index contributed by atoms with van der Waals surface area (Å²) in [6, 6.07) is 3.29. The Labute approximate surface area is 130 Å². The second-order valence-corrected chi connectivity index (χ2v) is 5.51. The molecule has 0 aliphatic heterocycles. The van der Waals surface area contributed by atoms with Crippen molar-refractivity contribution in [2.75, 3.05) is 13.1 Å². The third-order valence-electron chi connectivity index (χ3n) is 2.85. The number of rotatable bonds is 7. The zero-order valence-electron chi connectivity index (χ0n) is 12.7. The van der Waals surface area contributed by atoms with E-state index < -0.39 is 0 Å². The standard InChI is InChI=1S/C15H22ClN3O2/c1-4-5-12-8-11(9-13(16)19-12)15(21)18-7-6-17-14(20)10(2)3/h8-10H,4-7H2,1-3H3,(H,17,20)(H,18,21). The topological polar surface area (TPSA) is 71.1 Å². The van der Waals surface area contributed by atoms with Crippen LogP contribution in [0.15, 0.2) is 12.1 Å². The molecule has 0 aromatic carbocycles. The number of hydrogen-bond acceptors (Lipinski definition) is 3. The van der Waals surface area contributed by atoms with Gasteiger partial charge in [0.05, 0.1) is 0 Å². The summed E-state index contributed by atoms with van der Waals surface area (Å²) in [6.07, 6.45) is 1.72. The third-order valence-corrected chi connectivity index (χ3v) is 3.04. The van der Waals surface area contributed by atoms with Gasteiger partial charge in [0.25, 0.3) is 5.91 Å². The SMILES string of the molecule is CCCc1cc(C(=O)NCCNC(=O)C(C)C)cc(Cl)n1. The molecule has 0 spiro atoms. The normalized spacial score (nSPS) is 10.5. The summed E-state index contributed by atoms with van der Waals surface area (Å²) in [5.74, 6) is -0.298. The Balaban J connectivity index is 2.50. The number of amides is 2. The van der Waals surface area contributed by atoms with E-state index in [1.54, 1.807) is 12.1 Å². The van der Waals surface area contributed by atoms with E-state index in [1.165, 1.54) is 0 Å². The van der Waals surface area contributed by atoms with Gasteiger partial charge in [0.1, 0.15) is 5.15 Å². The number of aryl methyl sites for hydroxylation is 1. The largest absolute Gasteiger partial charge is 0.354 e. The van der Waals surface area contributed by atoms with Crippen LogP contribution in [0.3, 0.4) is 0 Å². The van der Waals surface area contributed by atoms with Crippen molar-refractivity contribution in [1.82, 2.24) is 15.6 Å². The van der Waals surface area contributed by atoms with Gasteiger partial charge in [-0.25, -0.2) is 4.98 Å². The fourth-order valence-corrected chi connectivity index (χ4v) is 1.96. The summed E-state index contributed by atoms with van der Waals surface area (Å²) < 4.78 is 0. The lowest BCUT2D eigenvalue weighted by atomic mass is 10.1. The van der Waals surface area contributed by atoms with E-state index in [9.17, 15) is 9.59 Å². The van der Waals surface area contributed by atoms with Gasteiger partial charge < -0.3 is 10.6 Å². The average molecular weight is 312 g/mol. The van der Waals surface area contributed by atoms with Crippen LogP contribution in [0.5, 0.6) is 0 Å². The van der Waals surface area contributed by atoms with Crippen LogP contribution in [0.4, 0.5) is 0 Å². The lowest BCUT2D eigenvalue weighted by Gasteiger charge is -2.09. The molecule has 116 valence electrons. The maximum Gasteiger partial charge on any atom is 0.251 e. The van der Waals surface area contributed by atoms with Crippen molar-refractivity contribution < 1.29 is 9.59 Å². The Bertz CT molecular complexity index is 504. The van der Waals surface area contributed by atoms with Gasteiger partial charge in [-0.2, -0.15) is 0 Å². The number of hydrogen-bond donors (Lipinski definition) is 2. The lowest BCUT2D eigenvalue weighted by molar-refractivity contribution is -0.123. The Morgan fingerprint density at radius 2 is 1.90 bits per heavy atom. The molecule has 0 saturated carbocycles. The molecule has 0 unspecified atom stereocenters. The molecular formula is C15H22ClN3O2. The predicted molar refractivity (Wildman–Crippen MR) is 83.4 cm³/mol. The van der Waals surface area contributed by atoms with Gasteiger partial charge in [0, 0.05) is 30.3 Å². The van der Waals surface area contributed by atoms with Gasteiger partial charge in [0.15, 0.2) is 0 Å². The van der Waals surface area contributed by atoms with Crippen LogP contribution in [-0.2, 0) is 11.2 Å². The van der Waals surface area contributed by atoms with Gasteiger partial charge in [0.2, 0.25) is 5.91 Å². The Kier molecular flexibility index (Phi) is 7.15. The minimum absolute atomic E-state index is 0.0264. The van der Waals surface area contributed by atoms with Gasteiger partial charge in [-0.1, -0.05) is 38.8 Å². The molecule has 0 aliphatic carbocycles. The highest BCUT2D eigenvalue weighted by Crippen LogP contribution is 2.12. The number of nitrogens with zero attached hydrogens (tertiary/aromatic N) is 1. The zero-order valence-corrected chi connectivity index (χ0v) is 13.5. The van der Waals surface area contributed by atoms with Crippen molar-refractivity contribution in [2.45, 2.75) is 33.6 Å². The Hall–Kier alpha value is -1.62. The van der Waals surface area contributed by atoms with Crippen LogP contribution in [0.25, 0.3) is 0 Å². The van der Waals surface area contributed by atoms with Crippen LogP contribution in [0.2, 0.25) is 5.15 Å². The minimum atomic E-state index is -0.213. The summed E-state index contributed by atoms with van der Waals surface area (Å²) in [5, 5.41) is 5.81. The monoisotopic (exact) mass is 311 g/mol. The van der Waals surface area contributed by atoms with Crippen LogP contribution in [0, 0.1) is 5.92 Å². The first-order valence-corrected chi connectivity index (χ1v) is 7.54. The highest BCUT2D eigenvalue weighted by molar-refractivity contribution is 6.29. The smallest absolute Gasteiger partial charge is 0.251 e.